The van der Waals surface area contributed by atoms with Crippen LogP contribution in [0.1, 0.15) is 42.9 Å². The van der Waals surface area contributed by atoms with Crippen molar-refractivity contribution >= 4 is 6.03 Å². The third kappa shape index (κ3) is 2.60. The second-order valence-corrected chi connectivity index (χ2v) is 6.87. The van der Waals surface area contributed by atoms with E-state index in [0.717, 1.165) is 32.4 Å². The normalized spacial score (nSPS) is 28.1. The molecular formula is C18H25N3O. The Labute approximate surface area is 132 Å². The number of aryl methyl sites for hydroxylation is 1. The molecule has 3 aliphatic rings. The lowest BCUT2D eigenvalue weighted by molar-refractivity contribution is 0.195. The zero-order chi connectivity index (χ0) is 14.9. The lowest BCUT2D eigenvalue weighted by Crippen LogP contribution is -2.42. The molecule has 2 atom stereocenters. The molecule has 0 aromatic heterocycles. The summed E-state index contributed by atoms with van der Waals surface area (Å²) in [6.45, 7) is 4.24. The first kappa shape index (κ1) is 14.1. The van der Waals surface area contributed by atoms with Gasteiger partial charge in [0.05, 0.1) is 6.04 Å². The van der Waals surface area contributed by atoms with Gasteiger partial charge in [0.2, 0.25) is 0 Å². The van der Waals surface area contributed by atoms with Crippen LogP contribution in [0.5, 0.6) is 0 Å². The lowest BCUT2D eigenvalue weighted by atomic mass is 10.1. The molecule has 4 nitrogen and oxygen atoms in total. The summed E-state index contributed by atoms with van der Waals surface area (Å²) in [5, 5.41) is 3.26. The highest BCUT2D eigenvalue weighted by molar-refractivity contribution is 5.75. The van der Waals surface area contributed by atoms with Gasteiger partial charge in [-0.3, -0.25) is 4.90 Å². The van der Waals surface area contributed by atoms with Crippen molar-refractivity contribution in [2.75, 3.05) is 26.2 Å². The quantitative estimate of drug-likeness (QED) is 0.911. The first-order valence-electron chi connectivity index (χ1n) is 8.68. The van der Waals surface area contributed by atoms with Gasteiger partial charge < -0.3 is 10.2 Å². The van der Waals surface area contributed by atoms with Crippen LogP contribution < -0.4 is 5.32 Å². The van der Waals surface area contributed by atoms with Crippen molar-refractivity contribution in [3.05, 3.63) is 35.4 Å². The Kier molecular flexibility index (Phi) is 3.78. The summed E-state index contributed by atoms with van der Waals surface area (Å²) >= 11 is 0. The Morgan fingerprint density at radius 1 is 1.09 bits per heavy atom. The van der Waals surface area contributed by atoms with Crippen LogP contribution in [0, 0.1) is 0 Å². The number of carbonyl (C=O) groups excluding carboxylic acids is 1. The van der Waals surface area contributed by atoms with E-state index in [2.05, 4.69) is 34.5 Å². The van der Waals surface area contributed by atoms with Gasteiger partial charge in [-0.15, -0.1) is 0 Å². The Bertz CT molecular complexity index is 553. The Morgan fingerprint density at radius 3 is 2.77 bits per heavy atom. The maximum Gasteiger partial charge on any atom is 0.317 e. The van der Waals surface area contributed by atoms with E-state index < -0.39 is 0 Å². The second kappa shape index (κ2) is 5.92. The number of nitrogens with one attached hydrogen (secondary N) is 1. The van der Waals surface area contributed by atoms with Crippen LogP contribution in [0.25, 0.3) is 0 Å². The topological polar surface area (TPSA) is 35.6 Å². The van der Waals surface area contributed by atoms with E-state index in [1.54, 1.807) is 0 Å². The van der Waals surface area contributed by atoms with Gasteiger partial charge in [0.1, 0.15) is 0 Å². The summed E-state index contributed by atoms with van der Waals surface area (Å²) in [4.78, 5) is 17.2. The Morgan fingerprint density at radius 2 is 1.91 bits per heavy atom. The van der Waals surface area contributed by atoms with E-state index >= 15 is 0 Å². The third-order valence-electron chi connectivity index (χ3n) is 5.54. The van der Waals surface area contributed by atoms with E-state index in [-0.39, 0.29) is 12.1 Å². The molecule has 2 aliphatic heterocycles. The number of hydrogen-bond donors (Lipinski definition) is 1. The summed E-state index contributed by atoms with van der Waals surface area (Å²) in [6, 6.07) is 9.42. The van der Waals surface area contributed by atoms with E-state index in [1.165, 1.54) is 37.1 Å². The SMILES string of the molecule is O=C(N[C@H]1CCc2ccccc21)N1CC[C@H](N2CCCC2)C1. The first-order valence-corrected chi connectivity index (χ1v) is 8.68. The maximum absolute atomic E-state index is 12.6. The van der Waals surface area contributed by atoms with E-state index in [0.29, 0.717) is 6.04 Å². The number of hydrogen-bond acceptors (Lipinski definition) is 2. The molecule has 0 unspecified atom stereocenters. The van der Waals surface area contributed by atoms with Crippen molar-refractivity contribution in [3.63, 3.8) is 0 Å². The fourth-order valence-corrected chi connectivity index (χ4v) is 4.28. The van der Waals surface area contributed by atoms with Crippen LogP contribution in [0.3, 0.4) is 0 Å². The molecule has 1 aromatic rings. The maximum atomic E-state index is 12.6. The molecule has 0 spiro atoms. The van der Waals surface area contributed by atoms with Crippen LogP contribution >= 0.6 is 0 Å². The molecule has 4 rings (SSSR count). The fraction of sp³-hybridized carbons (Fsp3) is 0.611. The van der Waals surface area contributed by atoms with Gasteiger partial charge in [-0.1, -0.05) is 24.3 Å². The van der Waals surface area contributed by atoms with Crippen molar-refractivity contribution < 1.29 is 4.79 Å². The molecule has 0 radical (unpaired) electrons. The van der Waals surface area contributed by atoms with E-state index in [1.807, 2.05) is 4.90 Å². The zero-order valence-corrected chi connectivity index (χ0v) is 13.1. The van der Waals surface area contributed by atoms with Crippen molar-refractivity contribution in [3.8, 4) is 0 Å². The molecule has 2 saturated heterocycles. The molecule has 0 bridgehead atoms. The van der Waals surface area contributed by atoms with Crippen molar-refractivity contribution in [1.29, 1.82) is 0 Å². The molecule has 118 valence electrons. The monoisotopic (exact) mass is 299 g/mol. The molecule has 2 amide bonds. The largest absolute Gasteiger partial charge is 0.331 e. The summed E-state index contributed by atoms with van der Waals surface area (Å²) in [6.07, 6.45) is 5.89. The number of amides is 2. The number of rotatable bonds is 2. The molecule has 2 heterocycles. The summed E-state index contributed by atoms with van der Waals surface area (Å²) in [7, 11) is 0. The number of urea groups is 1. The minimum absolute atomic E-state index is 0.128. The van der Waals surface area contributed by atoms with Gasteiger partial charge in [-0.25, -0.2) is 4.79 Å². The fourth-order valence-electron chi connectivity index (χ4n) is 4.28. The zero-order valence-electron chi connectivity index (χ0n) is 13.1. The predicted octanol–water partition coefficient (Wildman–Crippen LogP) is 2.55. The van der Waals surface area contributed by atoms with Gasteiger partial charge in [-0.2, -0.15) is 0 Å². The Hall–Kier alpha value is -1.55. The van der Waals surface area contributed by atoms with Gasteiger partial charge in [0.15, 0.2) is 0 Å². The molecule has 1 aromatic carbocycles. The number of nitrogens with zero attached hydrogens (tertiary/aromatic N) is 2. The van der Waals surface area contributed by atoms with Crippen LogP contribution in [-0.2, 0) is 6.42 Å². The number of fused-ring (bicyclic) bond motifs is 1. The van der Waals surface area contributed by atoms with Gasteiger partial charge in [0, 0.05) is 19.1 Å². The second-order valence-electron chi connectivity index (χ2n) is 6.87. The lowest BCUT2D eigenvalue weighted by Gasteiger charge is -2.24. The number of carbonyl (C=O) groups is 1. The van der Waals surface area contributed by atoms with Crippen LogP contribution in [0.2, 0.25) is 0 Å². The first-order chi connectivity index (χ1) is 10.8. The predicted molar refractivity (Wildman–Crippen MR) is 86.8 cm³/mol. The molecule has 1 N–H and O–H groups in total. The molecule has 0 saturated carbocycles. The van der Waals surface area contributed by atoms with Crippen molar-refractivity contribution in [1.82, 2.24) is 15.1 Å². The van der Waals surface area contributed by atoms with E-state index in [4.69, 9.17) is 0 Å². The van der Waals surface area contributed by atoms with Crippen molar-refractivity contribution in [2.24, 2.45) is 0 Å². The summed E-state index contributed by atoms with van der Waals surface area (Å²) in [5.74, 6) is 0. The molecule has 2 fully saturated rings. The van der Waals surface area contributed by atoms with Crippen LogP contribution in [0.4, 0.5) is 4.79 Å². The summed E-state index contributed by atoms with van der Waals surface area (Å²) < 4.78 is 0. The highest BCUT2D eigenvalue weighted by Gasteiger charge is 2.33. The minimum atomic E-state index is 0.128. The standard InChI is InChI=1S/C18H25N3O/c22-18(19-17-8-7-14-5-1-2-6-16(14)17)21-12-9-15(13-21)20-10-3-4-11-20/h1-2,5-6,15,17H,3-4,7-13H2,(H,19,22)/t15-,17-/m0/s1. The van der Waals surface area contributed by atoms with Crippen LogP contribution in [0.15, 0.2) is 24.3 Å². The average molecular weight is 299 g/mol. The molecule has 22 heavy (non-hydrogen) atoms. The van der Waals surface area contributed by atoms with Crippen LogP contribution in [-0.4, -0.2) is 48.1 Å². The van der Waals surface area contributed by atoms with Gasteiger partial charge >= 0.3 is 6.03 Å². The smallest absolute Gasteiger partial charge is 0.317 e. The van der Waals surface area contributed by atoms with Crippen molar-refractivity contribution in [2.45, 2.75) is 44.2 Å². The van der Waals surface area contributed by atoms with Gasteiger partial charge in [0.25, 0.3) is 0 Å². The molecule has 1 aliphatic carbocycles. The Balaban J connectivity index is 1.35. The summed E-state index contributed by atoms with van der Waals surface area (Å²) in [5.41, 5.74) is 2.70. The minimum Gasteiger partial charge on any atom is -0.331 e. The number of benzene rings is 1. The van der Waals surface area contributed by atoms with Gasteiger partial charge in [-0.05, 0) is 56.3 Å². The molecular weight excluding hydrogens is 274 g/mol. The van der Waals surface area contributed by atoms with E-state index in [9.17, 15) is 4.79 Å². The highest BCUT2D eigenvalue weighted by atomic mass is 16.2. The average Bonchev–Trinajstić information content (AvgIpc) is 3.28. The number of likely N-dealkylation sites (tertiary alicyclic amines) is 2. The molecule has 4 heteroatoms. The highest BCUT2D eigenvalue weighted by Crippen LogP contribution is 2.31. The third-order valence-corrected chi connectivity index (χ3v) is 5.54.